The van der Waals surface area contributed by atoms with Crippen LogP contribution in [0, 0.1) is 0 Å². The minimum atomic E-state index is 0.213. The number of nitrogens with one attached hydrogen (secondary N) is 1. The van der Waals surface area contributed by atoms with Crippen LogP contribution in [-0.4, -0.2) is 75.7 Å². The van der Waals surface area contributed by atoms with E-state index in [9.17, 15) is 4.79 Å². The molecule has 0 spiro atoms. The summed E-state index contributed by atoms with van der Waals surface area (Å²) in [6.45, 7) is 7.00. The topological polar surface area (TPSA) is 44.8 Å². The van der Waals surface area contributed by atoms with E-state index in [4.69, 9.17) is 4.74 Å². The highest BCUT2D eigenvalue weighted by atomic mass is 16.5. The molecule has 0 unspecified atom stereocenters. The second-order valence-corrected chi connectivity index (χ2v) is 4.95. The van der Waals surface area contributed by atoms with Crippen LogP contribution in [0.5, 0.6) is 0 Å². The largest absolute Gasteiger partial charge is 0.379 e. The van der Waals surface area contributed by atoms with E-state index < -0.39 is 0 Å². The first-order valence-corrected chi connectivity index (χ1v) is 6.91. The summed E-state index contributed by atoms with van der Waals surface area (Å²) in [5.41, 5.74) is 0. The van der Waals surface area contributed by atoms with Gasteiger partial charge in [0.05, 0.1) is 13.2 Å². The molecule has 1 amide bonds. The first-order chi connectivity index (χ1) is 8.70. The third kappa shape index (κ3) is 6.93. The average Bonchev–Trinajstić information content (AvgIpc) is 2.38. The van der Waals surface area contributed by atoms with Gasteiger partial charge in [-0.1, -0.05) is 0 Å². The van der Waals surface area contributed by atoms with Crippen molar-refractivity contribution in [2.75, 3.05) is 60.0 Å². The van der Waals surface area contributed by atoms with Gasteiger partial charge in [-0.05, 0) is 32.5 Å². The van der Waals surface area contributed by atoms with Gasteiger partial charge in [0.2, 0.25) is 5.91 Å². The predicted molar refractivity (Wildman–Crippen MR) is 72.7 cm³/mol. The number of nitrogens with zero attached hydrogens (tertiary/aromatic N) is 2. The number of hydrogen-bond donors (Lipinski definition) is 1. The van der Waals surface area contributed by atoms with E-state index in [1.807, 2.05) is 0 Å². The number of ether oxygens (including phenoxy) is 1. The Morgan fingerprint density at radius 2 is 1.89 bits per heavy atom. The Hall–Kier alpha value is -0.650. The van der Waals surface area contributed by atoms with Gasteiger partial charge >= 0.3 is 0 Å². The lowest BCUT2D eigenvalue weighted by atomic mass is 10.3. The summed E-state index contributed by atoms with van der Waals surface area (Å²) in [6, 6.07) is 0. The molecule has 5 nitrogen and oxygen atoms in total. The molecule has 0 radical (unpaired) electrons. The number of hydrogen-bond acceptors (Lipinski definition) is 4. The fourth-order valence-corrected chi connectivity index (χ4v) is 1.97. The number of carbonyl (C=O) groups excluding carboxylic acids is 1. The van der Waals surface area contributed by atoms with Crippen LogP contribution in [-0.2, 0) is 9.53 Å². The minimum Gasteiger partial charge on any atom is -0.379 e. The minimum absolute atomic E-state index is 0.213. The monoisotopic (exact) mass is 257 g/mol. The SMILES string of the molecule is CN(C)C(=O)CCCNCCCN1CCOCC1. The quantitative estimate of drug-likeness (QED) is 0.630. The number of amides is 1. The fourth-order valence-electron chi connectivity index (χ4n) is 1.97. The molecule has 1 aliphatic rings. The molecule has 0 saturated carbocycles. The zero-order valence-electron chi connectivity index (χ0n) is 11.8. The Kier molecular flexibility index (Phi) is 7.96. The molecule has 1 heterocycles. The third-order valence-corrected chi connectivity index (χ3v) is 3.17. The van der Waals surface area contributed by atoms with E-state index in [-0.39, 0.29) is 5.91 Å². The number of carbonyl (C=O) groups is 1. The van der Waals surface area contributed by atoms with E-state index in [0.29, 0.717) is 6.42 Å². The number of morpholine rings is 1. The predicted octanol–water partition coefficient (Wildman–Crippen LogP) is 0.167. The van der Waals surface area contributed by atoms with Crippen LogP contribution in [0.2, 0.25) is 0 Å². The van der Waals surface area contributed by atoms with Gasteiger partial charge in [0, 0.05) is 33.6 Å². The summed E-state index contributed by atoms with van der Waals surface area (Å²) in [5.74, 6) is 0.213. The second-order valence-electron chi connectivity index (χ2n) is 4.95. The molecular weight excluding hydrogens is 230 g/mol. The van der Waals surface area contributed by atoms with Gasteiger partial charge in [-0.3, -0.25) is 9.69 Å². The lowest BCUT2D eigenvalue weighted by Gasteiger charge is -2.26. The molecule has 18 heavy (non-hydrogen) atoms. The molecule has 0 aromatic carbocycles. The fraction of sp³-hybridized carbons (Fsp3) is 0.923. The van der Waals surface area contributed by atoms with Crippen LogP contribution in [0.3, 0.4) is 0 Å². The maximum atomic E-state index is 11.3. The van der Waals surface area contributed by atoms with Gasteiger partial charge in [-0.2, -0.15) is 0 Å². The van der Waals surface area contributed by atoms with Crippen LogP contribution in [0.4, 0.5) is 0 Å². The molecule has 0 atom stereocenters. The highest BCUT2D eigenvalue weighted by Crippen LogP contribution is 1.97. The summed E-state index contributed by atoms with van der Waals surface area (Å²) >= 11 is 0. The van der Waals surface area contributed by atoms with Crippen LogP contribution in [0.25, 0.3) is 0 Å². The lowest BCUT2D eigenvalue weighted by molar-refractivity contribution is -0.128. The zero-order chi connectivity index (χ0) is 13.2. The second kappa shape index (κ2) is 9.30. The standard InChI is InChI=1S/C13H27N3O2/c1-15(2)13(17)5-3-6-14-7-4-8-16-9-11-18-12-10-16/h14H,3-12H2,1-2H3. The molecule has 0 aromatic rings. The Bertz CT molecular complexity index is 228. The van der Waals surface area contributed by atoms with Crippen LogP contribution < -0.4 is 5.32 Å². The van der Waals surface area contributed by atoms with Crippen molar-refractivity contribution in [2.45, 2.75) is 19.3 Å². The van der Waals surface area contributed by atoms with Crippen LogP contribution >= 0.6 is 0 Å². The Morgan fingerprint density at radius 1 is 1.22 bits per heavy atom. The molecule has 1 aliphatic heterocycles. The van der Waals surface area contributed by atoms with Crippen molar-refractivity contribution in [3.8, 4) is 0 Å². The summed E-state index contributed by atoms with van der Waals surface area (Å²) < 4.78 is 5.31. The van der Waals surface area contributed by atoms with Gasteiger partial charge in [-0.25, -0.2) is 0 Å². The summed E-state index contributed by atoms with van der Waals surface area (Å²) in [5, 5.41) is 3.39. The molecule has 0 aliphatic carbocycles. The summed E-state index contributed by atoms with van der Waals surface area (Å²) in [7, 11) is 3.61. The first kappa shape index (κ1) is 15.4. The van der Waals surface area contributed by atoms with Crippen molar-refractivity contribution >= 4 is 5.91 Å². The lowest BCUT2D eigenvalue weighted by Crippen LogP contribution is -2.37. The Morgan fingerprint density at radius 3 is 2.56 bits per heavy atom. The Balaban J connectivity index is 1.85. The zero-order valence-corrected chi connectivity index (χ0v) is 11.8. The van der Waals surface area contributed by atoms with Crippen molar-refractivity contribution in [3.63, 3.8) is 0 Å². The van der Waals surface area contributed by atoms with Crippen molar-refractivity contribution in [2.24, 2.45) is 0 Å². The van der Waals surface area contributed by atoms with E-state index in [0.717, 1.165) is 52.4 Å². The van der Waals surface area contributed by atoms with Gasteiger partial charge in [0.15, 0.2) is 0 Å². The smallest absolute Gasteiger partial charge is 0.222 e. The molecule has 1 N–H and O–H groups in total. The molecule has 1 rings (SSSR count). The highest BCUT2D eigenvalue weighted by Gasteiger charge is 2.08. The van der Waals surface area contributed by atoms with E-state index in [2.05, 4.69) is 10.2 Å². The molecule has 5 heteroatoms. The first-order valence-electron chi connectivity index (χ1n) is 6.91. The maximum Gasteiger partial charge on any atom is 0.222 e. The van der Waals surface area contributed by atoms with Gasteiger partial charge in [0.1, 0.15) is 0 Å². The number of rotatable bonds is 8. The molecular formula is C13H27N3O2. The van der Waals surface area contributed by atoms with Gasteiger partial charge in [0.25, 0.3) is 0 Å². The third-order valence-electron chi connectivity index (χ3n) is 3.17. The van der Waals surface area contributed by atoms with E-state index >= 15 is 0 Å². The van der Waals surface area contributed by atoms with Crippen molar-refractivity contribution in [3.05, 3.63) is 0 Å². The molecule has 0 aromatic heterocycles. The van der Waals surface area contributed by atoms with Gasteiger partial charge < -0.3 is 15.0 Å². The van der Waals surface area contributed by atoms with E-state index in [1.165, 1.54) is 6.42 Å². The molecule has 1 saturated heterocycles. The van der Waals surface area contributed by atoms with Crippen molar-refractivity contribution in [1.82, 2.24) is 15.1 Å². The summed E-state index contributed by atoms with van der Waals surface area (Å²) in [4.78, 5) is 15.4. The highest BCUT2D eigenvalue weighted by molar-refractivity contribution is 5.75. The molecule has 1 fully saturated rings. The van der Waals surface area contributed by atoms with Gasteiger partial charge in [-0.15, -0.1) is 0 Å². The Labute approximate surface area is 110 Å². The summed E-state index contributed by atoms with van der Waals surface area (Å²) in [6.07, 6.45) is 2.74. The van der Waals surface area contributed by atoms with E-state index in [1.54, 1.807) is 19.0 Å². The normalized spacial score (nSPS) is 16.8. The maximum absolute atomic E-state index is 11.3. The molecule has 106 valence electrons. The van der Waals surface area contributed by atoms with Crippen LogP contribution in [0.1, 0.15) is 19.3 Å². The van der Waals surface area contributed by atoms with Crippen molar-refractivity contribution < 1.29 is 9.53 Å². The van der Waals surface area contributed by atoms with Crippen molar-refractivity contribution in [1.29, 1.82) is 0 Å². The average molecular weight is 257 g/mol. The van der Waals surface area contributed by atoms with Crippen LogP contribution in [0.15, 0.2) is 0 Å². The molecule has 0 bridgehead atoms.